The minimum Gasteiger partial charge on any atom is -0.463 e. The van der Waals surface area contributed by atoms with Crippen molar-refractivity contribution in [3.05, 3.63) is 0 Å². The Morgan fingerprint density at radius 2 is 1.85 bits per heavy atom. The SMILES string of the molecule is CC(=O)O[C@H]1CC[C@@]2(C)[C@@H](CC[C@@H]3[C@@H]2CC[C@]2(C)[C@H]4[C@@H](C)[C@@H](CC[C@@H](C)CO)O[C@H]4C[C@@H]32)C1. The highest BCUT2D eigenvalue weighted by atomic mass is 16.5. The molecule has 0 bridgehead atoms. The van der Waals surface area contributed by atoms with Crippen molar-refractivity contribution in [2.45, 2.75) is 117 Å². The van der Waals surface area contributed by atoms with Crippen LogP contribution in [-0.2, 0) is 14.3 Å². The summed E-state index contributed by atoms with van der Waals surface area (Å²) >= 11 is 0. The van der Waals surface area contributed by atoms with Crippen molar-refractivity contribution in [3.8, 4) is 0 Å². The maximum atomic E-state index is 11.5. The zero-order valence-corrected chi connectivity index (χ0v) is 21.7. The van der Waals surface area contributed by atoms with Gasteiger partial charge < -0.3 is 14.6 Å². The summed E-state index contributed by atoms with van der Waals surface area (Å²) in [6, 6.07) is 0. The van der Waals surface area contributed by atoms with Gasteiger partial charge in [-0.3, -0.25) is 4.79 Å². The molecule has 4 nitrogen and oxygen atoms in total. The summed E-state index contributed by atoms with van der Waals surface area (Å²) in [6.45, 7) is 11.7. The van der Waals surface area contributed by atoms with Gasteiger partial charge in [0.15, 0.2) is 0 Å². The minimum absolute atomic E-state index is 0.110. The van der Waals surface area contributed by atoms with Gasteiger partial charge in [0.2, 0.25) is 0 Å². The number of carbonyl (C=O) groups excluding carboxylic acids is 1. The Kier molecular flexibility index (Phi) is 6.43. The predicted octanol–water partition coefficient (Wildman–Crippen LogP) is 6.00. The molecule has 1 aliphatic heterocycles. The smallest absolute Gasteiger partial charge is 0.302 e. The highest BCUT2D eigenvalue weighted by Gasteiger charge is 2.65. The van der Waals surface area contributed by atoms with Gasteiger partial charge >= 0.3 is 5.97 Å². The van der Waals surface area contributed by atoms with Gasteiger partial charge in [-0.1, -0.05) is 27.7 Å². The zero-order chi connectivity index (χ0) is 23.5. The lowest BCUT2D eigenvalue weighted by molar-refractivity contribution is -0.160. The van der Waals surface area contributed by atoms with Crippen LogP contribution in [0.4, 0.5) is 0 Å². The molecule has 0 spiro atoms. The van der Waals surface area contributed by atoms with E-state index < -0.39 is 0 Å². The van der Waals surface area contributed by atoms with Crippen LogP contribution in [0.1, 0.15) is 98.8 Å². The second-order valence-corrected chi connectivity index (χ2v) is 13.4. The molecule has 0 aromatic carbocycles. The Morgan fingerprint density at radius 1 is 1.09 bits per heavy atom. The predicted molar refractivity (Wildman–Crippen MR) is 129 cm³/mol. The third-order valence-corrected chi connectivity index (χ3v) is 11.8. The average Bonchev–Trinajstić information content (AvgIpc) is 3.25. The summed E-state index contributed by atoms with van der Waals surface area (Å²) < 4.78 is 12.4. The first kappa shape index (κ1) is 24.1. The Balaban J connectivity index is 1.29. The summed E-state index contributed by atoms with van der Waals surface area (Å²) in [4.78, 5) is 11.5. The van der Waals surface area contributed by atoms with Crippen LogP contribution in [0.25, 0.3) is 0 Å². The molecule has 0 radical (unpaired) electrons. The number of rotatable bonds is 5. The average molecular weight is 461 g/mol. The van der Waals surface area contributed by atoms with E-state index in [0.29, 0.717) is 40.8 Å². The molecule has 12 atom stereocenters. The quantitative estimate of drug-likeness (QED) is 0.511. The Bertz CT molecular complexity index is 737. The Morgan fingerprint density at radius 3 is 2.58 bits per heavy atom. The van der Waals surface area contributed by atoms with Crippen LogP contribution in [0.15, 0.2) is 0 Å². The maximum Gasteiger partial charge on any atom is 0.302 e. The number of ether oxygens (including phenoxy) is 2. The zero-order valence-electron chi connectivity index (χ0n) is 21.7. The lowest BCUT2D eigenvalue weighted by Gasteiger charge is -2.61. The molecule has 0 amide bonds. The fraction of sp³-hybridized carbons (Fsp3) is 0.966. The summed E-state index contributed by atoms with van der Waals surface area (Å²) in [7, 11) is 0. The van der Waals surface area contributed by atoms with Crippen LogP contribution >= 0.6 is 0 Å². The number of hydrogen-bond donors (Lipinski definition) is 1. The molecule has 4 saturated carbocycles. The number of esters is 1. The lowest BCUT2D eigenvalue weighted by Crippen LogP contribution is -2.54. The Labute approximate surface area is 201 Å². The molecule has 0 aromatic heterocycles. The molecule has 188 valence electrons. The standard InChI is InChI=1S/C29H48O4/c1-17(16-30)6-9-25-18(2)27-26(33-25)15-24-22-8-7-20-14-21(32-19(3)31)10-12-28(20,4)23(22)11-13-29(24,27)5/h17-18,20-27,30H,6-16H2,1-5H3/t17-,18+,20+,21+,22-,23+,24+,25-,26+,27+,28+,29+/m1/s1. The lowest BCUT2D eigenvalue weighted by atomic mass is 9.44. The van der Waals surface area contributed by atoms with Crippen LogP contribution < -0.4 is 0 Å². The fourth-order valence-electron chi connectivity index (χ4n) is 10.1. The van der Waals surface area contributed by atoms with Crippen LogP contribution in [0.2, 0.25) is 0 Å². The molecule has 5 fully saturated rings. The molecule has 33 heavy (non-hydrogen) atoms. The molecular formula is C29H48O4. The minimum atomic E-state index is -0.110. The molecule has 4 heteroatoms. The van der Waals surface area contributed by atoms with E-state index in [4.69, 9.17) is 9.47 Å². The van der Waals surface area contributed by atoms with Crippen molar-refractivity contribution in [1.82, 2.24) is 0 Å². The van der Waals surface area contributed by atoms with E-state index in [1.807, 2.05) is 0 Å². The van der Waals surface area contributed by atoms with E-state index in [-0.39, 0.29) is 18.7 Å². The molecule has 0 aromatic rings. The van der Waals surface area contributed by atoms with Crippen molar-refractivity contribution in [3.63, 3.8) is 0 Å². The van der Waals surface area contributed by atoms with Crippen molar-refractivity contribution in [2.24, 2.45) is 52.3 Å². The highest BCUT2D eigenvalue weighted by Crippen LogP contribution is 2.70. The topological polar surface area (TPSA) is 55.8 Å². The largest absolute Gasteiger partial charge is 0.463 e. The number of aliphatic hydroxyl groups is 1. The van der Waals surface area contributed by atoms with Crippen LogP contribution in [0, 0.1) is 52.3 Å². The third kappa shape index (κ3) is 3.90. The van der Waals surface area contributed by atoms with Gasteiger partial charge in [-0.25, -0.2) is 0 Å². The second kappa shape index (κ2) is 8.80. The van der Waals surface area contributed by atoms with Crippen molar-refractivity contribution in [2.75, 3.05) is 6.61 Å². The monoisotopic (exact) mass is 460 g/mol. The van der Waals surface area contributed by atoms with E-state index in [0.717, 1.165) is 49.4 Å². The third-order valence-electron chi connectivity index (χ3n) is 11.8. The second-order valence-electron chi connectivity index (χ2n) is 13.4. The first-order valence-corrected chi connectivity index (χ1v) is 14.1. The molecule has 4 aliphatic carbocycles. The summed E-state index contributed by atoms with van der Waals surface area (Å²) in [5, 5.41) is 9.43. The normalized spacial score (nSPS) is 51.8. The summed E-state index contributed by atoms with van der Waals surface area (Å²) in [5.74, 6) is 4.84. The van der Waals surface area contributed by atoms with Gasteiger partial charge in [-0.15, -0.1) is 0 Å². The number of aliphatic hydroxyl groups excluding tert-OH is 1. The Hall–Kier alpha value is -0.610. The van der Waals surface area contributed by atoms with Gasteiger partial charge in [0.1, 0.15) is 6.10 Å². The van der Waals surface area contributed by atoms with Crippen LogP contribution in [-0.4, -0.2) is 36.0 Å². The van der Waals surface area contributed by atoms with E-state index >= 15 is 0 Å². The van der Waals surface area contributed by atoms with E-state index in [1.54, 1.807) is 6.92 Å². The van der Waals surface area contributed by atoms with E-state index in [9.17, 15) is 9.90 Å². The van der Waals surface area contributed by atoms with E-state index in [2.05, 4.69) is 27.7 Å². The highest BCUT2D eigenvalue weighted by molar-refractivity contribution is 5.66. The molecular weight excluding hydrogens is 412 g/mol. The van der Waals surface area contributed by atoms with Crippen molar-refractivity contribution in [1.29, 1.82) is 0 Å². The molecule has 1 N–H and O–H groups in total. The first-order chi connectivity index (χ1) is 15.7. The first-order valence-electron chi connectivity index (χ1n) is 14.1. The molecule has 1 saturated heterocycles. The number of hydrogen-bond acceptors (Lipinski definition) is 4. The number of fused-ring (bicyclic) bond motifs is 7. The maximum absolute atomic E-state index is 11.5. The van der Waals surface area contributed by atoms with Crippen molar-refractivity contribution < 1.29 is 19.4 Å². The van der Waals surface area contributed by atoms with Gasteiger partial charge in [-0.2, -0.15) is 0 Å². The molecule has 0 unspecified atom stereocenters. The van der Waals surface area contributed by atoms with E-state index in [1.165, 1.54) is 38.5 Å². The van der Waals surface area contributed by atoms with Gasteiger partial charge in [0.05, 0.1) is 12.2 Å². The molecule has 5 aliphatic rings. The van der Waals surface area contributed by atoms with Gasteiger partial charge in [-0.05, 0) is 116 Å². The van der Waals surface area contributed by atoms with Crippen LogP contribution in [0.5, 0.6) is 0 Å². The molecule has 1 heterocycles. The van der Waals surface area contributed by atoms with Gasteiger partial charge in [0.25, 0.3) is 0 Å². The molecule has 5 rings (SSSR count). The summed E-state index contributed by atoms with van der Waals surface area (Å²) in [6.07, 6.45) is 13.2. The van der Waals surface area contributed by atoms with Gasteiger partial charge in [0, 0.05) is 13.5 Å². The fourth-order valence-corrected chi connectivity index (χ4v) is 10.1. The summed E-state index contributed by atoms with van der Waals surface area (Å²) in [5.41, 5.74) is 0.856. The van der Waals surface area contributed by atoms with Crippen molar-refractivity contribution >= 4 is 5.97 Å². The van der Waals surface area contributed by atoms with Crippen LogP contribution in [0.3, 0.4) is 0 Å². The number of carbonyl (C=O) groups is 1.